The molecule has 0 spiro atoms. The largest absolute Gasteiger partial charge is 0.385 e. The summed E-state index contributed by atoms with van der Waals surface area (Å²) in [6.07, 6.45) is 2.01. The van der Waals surface area contributed by atoms with Crippen molar-refractivity contribution in [3.8, 4) is 0 Å². The van der Waals surface area contributed by atoms with E-state index in [0.717, 1.165) is 30.6 Å². The number of nitrogens with one attached hydrogen (secondary N) is 1. The number of hydrogen-bond donors (Lipinski definition) is 2. The molecule has 0 fully saturated rings. The summed E-state index contributed by atoms with van der Waals surface area (Å²) in [5, 5.41) is 3.10. The highest BCUT2D eigenvalue weighted by Gasteiger charge is 2.14. The molecule has 0 saturated heterocycles. The smallest absolute Gasteiger partial charge is 0.294 e. The Labute approximate surface area is 90.1 Å². The molecule has 1 aromatic carbocycles. The van der Waals surface area contributed by atoms with Crippen LogP contribution in [0.1, 0.15) is 19.4 Å². The van der Waals surface area contributed by atoms with Crippen molar-refractivity contribution in [2.45, 2.75) is 25.2 Å². The van der Waals surface area contributed by atoms with Crippen molar-refractivity contribution in [1.29, 1.82) is 0 Å². The van der Waals surface area contributed by atoms with Crippen LogP contribution in [-0.2, 0) is 16.5 Å². The van der Waals surface area contributed by atoms with E-state index in [4.69, 9.17) is 4.55 Å². The van der Waals surface area contributed by atoms with Crippen LogP contribution in [0.15, 0.2) is 23.1 Å². The Kier molecular flexibility index (Phi) is 3.36. The molecule has 0 saturated carbocycles. The van der Waals surface area contributed by atoms with Gasteiger partial charge in [-0.1, -0.05) is 13.5 Å². The third-order valence-electron chi connectivity index (χ3n) is 2.32. The Morgan fingerprint density at radius 2 is 2.07 bits per heavy atom. The zero-order valence-electron chi connectivity index (χ0n) is 7.53. The summed E-state index contributed by atoms with van der Waals surface area (Å²) in [5.74, 6) is 0. The zero-order chi connectivity index (χ0) is 10.2. The van der Waals surface area contributed by atoms with E-state index in [2.05, 4.69) is 5.32 Å². The highest BCUT2D eigenvalue weighted by molar-refractivity contribution is 7.85. The van der Waals surface area contributed by atoms with Crippen LogP contribution >= 0.6 is 0 Å². The SMILES string of the molecule is C.O=S(=O)(O)c1ccc2c(c1)NCCC2. The highest BCUT2D eigenvalue weighted by atomic mass is 32.2. The van der Waals surface area contributed by atoms with Gasteiger partial charge in [-0.2, -0.15) is 8.42 Å². The number of aryl methyl sites for hydroxylation is 1. The fraction of sp³-hybridized carbons (Fsp3) is 0.400. The van der Waals surface area contributed by atoms with E-state index in [9.17, 15) is 8.42 Å². The molecule has 0 radical (unpaired) electrons. The number of rotatable bonds is 1. The van der Waals surface area contributed by atoms with Gasteiger partial charge in [-0.25, -0.2) is 0 Å². The second kappa shape index (κ2) is 4.20. The van der Waals surface area contributed by atoms with Crippen LogP contribution in [0.25, 0.3) is 0 Å². The van der Waals surface area contributed by atoms with Crippen molar-refractivity contribution in [2.24, 2.45) is 0 Å². The lowest BCUT2D eigenvalue weighted by Gasteiger charge is -2.17. The molecule has 1 aliphatic heterocycles. The van der Waals surface area contributed by atoms with Crippen LogP contribution in [0.2, 0.25) is 0 Å². The second-order valence-electron chi connectivity index (χ2n) is 3.32. The van der Waals surface area contributed by atoms with Crippen LogP contribution in [0.3, 0.4) is 0 Å². The topological polar surface area (TPSA) is 66.4 Å². The first kappa shape index (κ1) is 12.0. The number of anilines is 1. The fourth-order valence-corrected chi connectivity index (χ4v) is 2.11. The van der Waals surface area contributed by atoms with Gasteiger partial charge in [-0.05, 0) is 30.5 Å². The van der Waals surface area contributed by atoms with Gasteiger partial charge in [0.25, 0.3) is 10.1 Å². The summed E-state index contributed by atoms with van der Waals surface area (Å²) in [7, 11) is -4.08. The van der Waals surface area contributed by atoms with E-state index in [0.29, 0.717) is 0 Å². The predicted octanol–water partition coefficient (Wildman–Crippen LogP) is 1.93. The van der Waals surface area contributed by atoms with Crippen LogP contribution < -0.4 is 5.32 Å². The summed E-state index contributed by atoms with van der Waals surface area (Å²) in [5.41, 5.74) is 1.91. The first-order valence-corrected chi connectivity index (χ1v) is 5.86. The molecule has 0 amide bonds. The lowest BCUT2D eigenvalue weighted by Crippen LogP contribution is -2.12. The van der Waals surface area contributed by atoms with Crippen LogP contribution in [0, 0.1) is 0 Å². The van der Waals surface area contributed by atoms with E-state index >= 15 is 0 Å². The van der Waals surface area contributed by atoms with E-state index in [-0.39, 0.29) is 12.3 Å². The van der Waals surface area contributed by atoms with Crippen LogP contribution in [-0.4, -0.2) is 19.5 Å². The van der Waals surface area contributed by atoms with E-state index in [1.54, 1.807) is 6.07 Å². The second-order valence-corrected chi connectivity index (χ2v) is 4.75. The summed E-state index contributed by atoms with van der Waals surface area (Å²) in [4.78, 5) is -0.0503. The number of benzene rings is 1. The fourth-order valence-electron chi connectivity index (χ4n) is 1.60. The summed E-state index contributed by atoms with van der Waals surface area (Å²) < 4.78 is 30.5. The summed E-state index contributed by atoms with van der Waals surface area (Å²) in [6, 6.07) is 4.65. The molecule has 0 atom stereocenters. The molecule has 2 N–H and O–H groups in total. The standard InChI is InChI=1S/C9H11NO3S.CH4/c11-14(12,13)8-4-3-7-2-1-5-10-9(7)6-8;/h3-4,6,10H,1-2,5H2,(H,11,12,13);1H4. The van der Waals surface area contributed by atoms with Gasteiger partial charge in [0.15, 0.2) is 0 Å². The van der Waals surface area contributed by atoms with E-state index < -0.39 is 10.1 Å². The maximum Gasteiger partial charge on any atom is 0.294 e. The van der Waals surface area contributed by atoms with Gasteiger partial charge in [0.05, 0.1) is 4.90 Å². The molecule has 84 valence electrons. The average Bonchev–Trinajstić information content (AvgIpc) is 2.16. The van der Waals surface area contributed by atoms with Gasteiger partial charge in [-0.15, -0.1) is 0 Å². The average molecular weight is 229 g/mol. The van der Waals surface area contributed by atoms with Gasteiger partial charge in [0.1, 0.15) is 0 Å². The molecule has 0 aromatic heterocycles. The third kappa shape index (κ3) is 2.49. The zero-order valence-corrected chi connectivity index (χ0v) is 8.34. The van der Waals surface area contributed by atoms with Crippen molar-refractivity contribution in [3.63, 3.8) is 0 Å². The Hall–Kier alpha value is -1.07. The Morgan fingerprint density at radius 3 is 2.73 bits per heavy atom. The molecule has 0 bridgehead atoms. The lowest BCUT2D eigenvalue weighted by atomic mass is 10.0. The van der Waals surface area contributed by atoms with Gasteiger partial charge in [-0.3, -0.25) is 4.55 Å². The maximum atomic E-state index is 10.8. The first-order chi connectivity index (χ1) is 6.57. The molecule has 1 heterocycles. The van der Waals surface area contributed by atoms with E-state index in [1.165, 1.54) is 12.1 Å². The molecular formula is C10H15NO3S. The minimum Gasteiger partial charge on any atom is -0.385 e. The Bertz CT molecular complexity index is 454. The third-order valence-corrected chi connectivity index (χ3v) is 3.17. The van der Waals surface area contributed by atoms with Gasteiger partial charge < -0.3 is 5.32 Å². The first-order valence-electron chi connectivity index (χ1n) is 4.42. The van der Waals surface area contributed by atoms with Crippen LogP contribution in [0.4, 0.5) is 5.69 Å². The molecule has 5 heteroatoms. The molecule has 15 heavy (non-hydrogen) atoms. The quantitative estimate of drug-likeness (QED) is 0.722. The van der Waals surface area contributed by atoms with Crippen molar-refractivity contribution < 1.29 is 13.0 Å². The minimum absolute atomic E-state index is 0. The lowest BCUT2D eigenvalue weighted by molar-refractivity contribution is 0.483. The normalized spacial score (nSPS) is 14.7. The molecule has 0 aliphatic carbocycles. The van der Waals surface area contributed by atoms with Crippen LogP contribution in [0.5, 0.6) is 0 Å². The maximum absolute atomic E-state index is 10.8. The molecule has 1 aliphatic rings. The van der Waals surface area contributed by atoms with Crippen molar-refractivity contribution in [2.75, 3.05) is 11.9 Å². The monoisotopic (exact) mass is 229 g/mol. The van der Waals surface area contributed by atoms with Crippen molar-refractivity contribution in [3.05, 3.63) is 23.8 Å². The Morgan fingerprint density at radius 1 is 1.33 bits per heavy atom. The molecular weight excluding hydrogens is 214 g/mol. The molecule has 4 nitrogen and oxygen atoms in total. The summed E-state index contributed by atoms with van der Waals surface area (Å²) in [6.45, 7) is 0.849. The van der Waals surface area contributed by atoms with Crippen molar-refractivity contribution in [1.82, 2.24) is 0 Å². The number of fused-ring (bicyclic) bond motifs is 1. The van der Waals surface area contributed by atoms with Gasteiger partial charge >= 0.3 is 0 Å². The minimum atomic E-state index is -4.08. The van der Waals surface area contributed by atoms with Gasteiger partial charge in [0, 0.05) is 12.2 Å². The molecule has 1 aromatic rings. The predicted molar refractivity (Wildman–Crippen MR) is 59.8 cm³/mol. The van der Waals surface area contributed by atoms with E-state index in [1.807, 2.05) is 0 Å². The molecule has 2 rings (SSSR count). The van der Waals surface area contributed by atoms with Gasteiger partial charge in [0.2, 0.25) is 0 Å². The molecule has 0 unspecified atom stereocenters. The summed E-state index contributed by atoms with van der Waals surface area (Å²) >= 11 is 0. The number of hydrogen-bond acceptors (Lipinski definition) is 3. The van der Waals surface area contributed by atoms with Crippen molar-refractivity contribution >= 4 is 15.8 Å². The highest BCUT2D eigenvalue weighted by Crippen LogP contribution is 2.24. The Balaban J connectivity index is 0.00000112.